The van der Waals surface area contributed by atoms with Gasteiger partial charge in [0.05, 0.1) is 12.6 Å². The number of carbonyl (C=O) groups is 2. The molecular weight excluding hydrogens is 228 g/mol. The summed E-state index contributed by atoms with van der Waals surface area (Å²) < 4.78 is 0. The summed E-state index contributed by atoms with van der Waals surface area (Å²) in [5.41, 5.74) is 10.9. The van der Waals surface area contributed by atoms with Gasteiger partial charge in [-0.05, 0) is 6.92 Å². The van der Waals surface area contributed by atoms with Crippen LogP contribution in [-0.4, -0.2) is 35.3 Å². The molecule has 2 amide bonds. The largest absolute Gasteiger partial charge is 0.368 e. The highest BCUT2D eigenvalue weighted by Crippen LogP contribution is 2.16. The predicted molar refractivity (Wildman–Crippen MR) is 60.9 cm³/mol. The van der Waals surface area contributed by atoms with Gasteiger partial charge in [0.2, 0.25) is 5.91 Å². The number of primary amides is 1. The first-order chi connectivity index (χ1) is 7.41. The zero-order valence-electron chi connectivity index (χ0n) is 9.14. The van der Waals surface area contributed by atoms with Crippen molar-refractivity contribution in [2.45, 2.75) is 13.0 Å². The molecule has 1 atom stereocenters. The number of nitrogens with zero attached hydrogens (tertiary/aromatic N) is 2. The Morgan fingerprint density at radius 2 is 2.25 bits per heavy atom. The lowest BCUT2D eigenvalue weighted by atomic mass is 10.3. The SMILES string of the molecule is CC(N)c1nc(C(=O)N(C)CC(N)=O)cs1. The average molecular weight is 242 g/mol. The van der Waals surface area contributed by atoms with E-state index in [-0.39, 0.29) is 18.5 Å². The van der Waals surface area contributed by atoms with Crippen molar-refractivity contribution in [2.24, 2.45) is 11.5 Å². The molecule has 0 aliphatic rings. The van der Waals surface area contributed by atoms with Gasteiger partial charge in [0.15, 0.2) is 0 Å². The fourth-order valence-corrected chi connectivity index (χ4v) is 1.85. The van der Waals surface area contributed by atoms with E-state index in [4.69, 9.17) is 11.5 Å². The van der Waals surface area contributed by atoms with E-state index in [0.717, 1.165) is 0 Å². The van der Waals surface area contributed by atoms with Gasteiger partial charge in [0.25, 0.3) is 5.91 Å². The third-order valence-electron chi connectivity index (χ3n) is 1.87. The van der Waals surface area contributed by atoms with E-state index in [0.29, 0.717) is 10.7 Å². The van der Waals surface area contributed by atoms with Crippen LogP contribution >= 0.6 is 11.3 Å². The number of aromatic nitrogens is 1. The Balaban J connectivity index is 2.76. The van der Waals surface area contributed by atoms with Crippen molar-refractivity contribution in [3.05, 3.63) is 16.1 Å². The van der Waals surface area contributed by atoms with E-state index in [2.05, 4.69) is 4.98 Å². The van der Waals surface area contributed by atoms with Gasteiger partial charge in [-0.1, -0.05) is 0 Å². The summed E-state index contributed by atoms with van der Waals surface area (Å²) in [4.78, 5) is 27.7. The quantitative estimate of drug-likeness (QED) is 0.758. The number of hydrogen-bond donors (Lipinski definition) is 2. The zero-order valence-corrected chi connectivity index (χ0v) is 9.95. The molecule has 88 valence electrons. The van der Waals surface area contributed by atoms with Gasteiger partial charge >= 0.3 is 0 Å². The standard InChI is InChI=1S/C9H14N4O2S/c1-5(10)8-12-6(4-16-8)9(15)13(2)3-7(11)14/h4-5H,3,10H2,1-2H3,(H2,11,14). The molecule has 0 saturated heterocycles. The Labute approximate surface area is 97.2 Å². The van der Waals surface area contributed by atoms with Crippen LogP contribution in [0.2, 0.25) is 0 Å². The summed E-state index contributed by atoms with van der Waals surface area (Å²) in [6.45, 7) is 1.67. The van der Waals surface area contributed by atoms with Crippen molar-refractivity contribution in [1.29, 1.82) is 0 Å². The summed E-state index contributed by atoms with van der Waals surface area (Å²) in [5.74, 6) is -0.888. The van der Waals surface area contributed by atoms with Crippen LogP contribution in [0.5, 0.6) is 0 Å². The molecule has 1 rings (SSSR count). The van der Waals surface area contributed by atoms with Gasteiger partial charge in [-0.25, -0.2) is 4.98 Å². The zero-order chi connectivity index (χ0) is 12.3. The molecule has 0 fully saturated rings. The molecule has 1 heterocycles. The number of thiazole rings is 1. The van der Waals surface area contributed by atoms with E-state index in [1.54, 1.807) is 12.3 Å². The monoisotopic (exact) mass is 242 g/mol. The first-order valence-corrected chi connectivity index (χ1v) is 5.54. The van der Waals surface area contributed by atoms with Gasteiger partial charge < -0.3 is 16.4 Å². The van der Waals surface area contributed by atoms with Crippen molar-refractivity contribution >= 4 is 23.2 Å². The molecule has 16 heavy (non-hydrogen) atoms. The van der Waals surface area contributed by atoms with Gasteiger partial charge in [-0.15, -0.1) is 11.3 Å². The second kappa shape index (κ2) is 5.04. The van der Waals surface area contributed by atoms with Crippen molar-refractivity contribution in [1.82, 2.24) is 9.88 Å². The smallest absolute Gasteiger partial charge is 0.273 e. The van der Waals surface area contributed by atoms with Crippen LogP contribution in [0.25, 0.3) is 0 Å². The Kier molecular flexibility index (Phi) is 3.97. The molecule has 0 aromatic carbocycles. The number of hydrogen-bond acceptors (Lipinski definition) is 5. The van der Waals surface area contributed by atoms with Crippen LogP contribution in [0.3, 0.4) is 0 Å². The second-order valence-corrected chi connectivity index (χ2v) is 4.38. The number of carbonyl (C=O) groups excluding carboxylic acids is 2. The summed E-state index contributed by atoms with van der Waals surface area (Å²) in [7, 11) is 1.50. The van der Waals surface area contributed by atoms with Crippen molar-refractivity contribution in [2.75, 3.05) is 13.6 Å². The first kappa shape index (κ1) is 12.6. The maximum atomic E-state index is 11.7. The highest BCUT2D eigenvalue weighted by Gasteiger charge is 2.17. The Bertz CT molecular complexity index is 402. The molecule has 0 radical (unpaired) electrons. The second-order valence-electron chi connectivity index (χ2n) is 3.49. The minimum absolute atomic E-state index is 0.121. The summed E-state index contributed by atoms with van der Waals surface area (Å²) >= 11 is 1.32. The highest BCUT2D eigenvalue weighted by atomic mass is 32.1. The van der Waals surface area contributed by atoms with Gasteiger partial charge in [0, 0.05) is 12.4 Å². The molecule has 7 heteroatoms. The molecule has 0 spiro atoms. The Morgan fingerprint density at radius 1 is 1.62 bits per heavy atom. The fraction of sp³-hybridized carbons (Fsp3) is 0.444. The molecule has 0 saturated carbocycles. The van der Waals surface area contributed by atoms with Crippen LogP contribution < -0.4 is 11.5 Å². The minimum atomic E-state index is -0.557. The number of likely N-dealkylation sites (N-methyl/N-ethyl adjacent to an activating group) is 1. The summed E-state index contributed by atoms with van der Waals surface area (Å²) in [6.07, 6.45) is 0. The predicted octanol–water partition coefficient (Wildman–Crippen LogP) is -0.280. The lowest BCUT2D eigenvalue weighted by molar-refractivity contribution is -0.118. The highest BCUT2D eigenvalue weighted by molar-refractivity contribution is 7.09. The molecule has 1 unspecified atom stereocenters. The topological polar surface area (TPSA) is 102 Å². The van der Waals surface area contributed by atoms with E-state index in [9.17, 15) is 9.59 Å². The van der Waals surface area contributed by atoms with E-state index in [1.807, 2.05) is 0 Å². The van der Waals surface area contributed by atoms with Crippen molar-refractivity contribution in [3.8, 4) is 0 Å². The van der Waals surface area contributed by atoms with Crippen LogP contribution in [0.15, 0.2) is 5.38 Å². The van der Waals surface area contributed by atoms with Crippen LogP contribution in [0.4, 0.5) is 0 Å². The van der Waals surface area contributed by atoms with E-state index < -0.39 is 5.91 Å². The molecule has 0 aliphatic carbocycles. The van der Waals surface area contributed by atoms with Gasteiger partial charge in [-0.3, -0.25) is 9.59 Å². The van der Waals surface area contributed by atoms with Crippen LogP contribution in [0.1, 0.15) is 28.5 Å². The lowest BCUT2D eigenvalue weighted by Gasteiger charge is -2.12. The van der Waals surface area contributed by atoms with E-state index in [1.165, 1.54) is 23.3 Å². The molecular formula is C9H14N4O2S. The Hall–Kier alpha value is -1.47. The summed E-state index contributed by atoms with van der Waals surface area (Å²) in [6, 6.07) is -0.201. The van der Waals surface area contributed by atoms with Crippen LogP contribution in [-0.2, 0) is 4.79 Å². The van der Waals surface area contributed by atoms with Crippen LogP contribution in [0, 0.1) is 0 Å². The van der Waals surface area contributed by atoms with E-state index >= 15 is 0 Å². The number of nitrogens with two attached hydrogens (primary N) is 2. The number of rotatable bonds is 4. The number of amides is 2. The maximum absolute atomic E-state index is 11.7. The molecule has 6 nitrogen and oxygen atoms in total. The normalized spacial score (nSPS) is 12.2. The van der Waals surface area contributed by atoms with Gasteiger partial charge in [0.1, 0.15) is 10.7 Å². The third-order valence-corrected chi connectivity index (χ3v) is 2.92. The molecule has 0 aliphatic heterocycles. The molecule has 0 bridgehead atoms. The molecule has 1 aromatic rings. The summed E-state index contributed by atoms with van der Waals surface area (Å²) in [5, 5.41) is 2.31. The lowest BCUT2D eigenvalue weighted by Crippen LogP contribution is -2.35. The Morgan fingerprint density at radius 3 is 2.69 bits per heavy atom. The molecule has 4 N–H and O–H groups in total. The fourth-order valence-electron chi connectivity index (χ4n) is 1.10. The molecule has 1 aromatic heterocycles. The van der Waals surface area contributed by atoms with Gasteiger partial charge in [-0.2, -0.15) is 0 Å². The van der Waals surface area contributed by atoms with Crippen molar-refractivity contribution in [3.63, 3.8) is 0 Å². The minimum Gasteiger partial charge on any atom is -0.368 e. The average Bonchev–Trinajstić information content (AvgIpc) is 2.64. The maximum Gasteiger partial charge on any atom is 0.273 e. The first-order valence-electron chi connectivity index (χ1n) is 4.66. The third kappa shape index (κ3) is 3.01. The van der Waals surface area contributed by atoms with Crippen molar-refractivity contribution < 1.29 is 9.59 Å².